The van der Waals surface area contributed by atoms with E-state index in [2.05, 4.69) is 41.2 Å². The van der Waals surface area contributed by atoms with Gasteiger partial charge in [0, 0.05) is 51.4 Å². The van der Waals surface area contributed by atoms with E-state index < -0.39 is 0 Å². The SMILES string of the molecule is CCNC(=NCC1CN2CCN1CC2)NC(C)C. The van der Waals surface area contributed by atoms with Gasteiger partial charge < -0.3 is 10.6 Å². The maximum absolute atomic E-state index is 4.72. The summed E-state index contributed by atoms with van der Waals surface area (Å²) in [5.74, 6) is 0.949. The van der Waals surface area contributed by atoms with Crippen LogP contribution >= 0.6 is 0 Å². The molecule has 0 aliphatic carbocycles. The maximum Gasteiger partial charge on any atom is 0.191 e. The summed E-state index contributed by atoms with van der Waals surface area (Å²) in [6.07, 6.45) is 0. The molecule has 0 aromatic rings. The summed E-state index contributed by atoms with van der Waals surface area (Å²) < 4.78 is 0. The lowest BCUT2D eigenvalue weighted by atomic mass is 10.1. The Morgan fingerprint density at radius 1 is 1.28 bits per heavy atom. The van der Waals surface area contributed by atoms with Crippen molar-refractivity contribution in [3.63, 3.8) is 0 Å². The summed E-state index contributed by atoms with van der Waals surface area (Å²) >= 11 is 0. The number of guanidine groups is 1. The molecule has 2 N–H and O–H groups in total. The van der Waals surface area contributed by atoms with E-state index in [0.29, 0.717) is 12.1 Å². The fourth-order valence-electron chi connectivity index (χ4n) is 2.69. The van der Waals surface area contributed by atoms with Crippen molar-refractivity contribution >= 4 is 5.96 Å². The van der Waals surface area contributed by atoms with Crippen molar-refractivity contribution in [2.75, 3.05) is 45.8 Å². The molecule has 2 bridgehead atoms. The van der Waals surface area contributed by atoms with Crippen LogP contribution in [0.3, 0.4) is 0 Å². The second kappa shape index (κ2) is 6.38. The molecule has 0 radical (unpaired) electrons. The van der Waals surface area contributed by atoms with Gasteiger partial charge in [-0.2, -0.15) is 0 Å². The number of nitrogens with zero attached hydrogens (tertiary/aromatic N) is 3. The van der Waals surface area contributed by atoms with Gasteiger partial charge in [-0.05, 0) is 20.8 Å². The van der Waals surface area contributed by atoms with Crippen LogP contribution in [0, 0.1) is 0 Å². The summed E-state index contributed by atoms with van der Waals surface area (Å²) in [5.41, 5.74) is 0. The minimum Gasteiger partial charge on any atom is -0.357 e. The van der Waals surface area contributed by atoms with Crippen LogP contribution in [0.4, 0.5) is 0 Å². The highest BCUT2D eigenvalue weighted by Crippen LogP contribution is 2.15. The predicted molar refractivity (Wildman–Crippen MR) is 76.1 cm³/mol. The molecule has 3 heterocycles. The lowest BCUT2D eigenvalue weighted by Crippen LogP contribution is -2.62. The highest BCUT2D eigenvalue weighted by atomic mass is 15.3. The van der Waals surface area contributed by atoms with Gasteiger partial charge in [0.25, 0.3) is 0 Å². The van der Waals surface area contributed by atoms with Crippen LogP contribution in [0.2, 0.25) is 0 Å². The Labute approximate surface area is 111 Å². The molecule has 18 heavy (non-hydrogen) atoms. The van der Waals surface area contributed by atoms with E-state index in [1.165, 1.54) is 32.7 Å². The van der Waals surface area contributed by atoms with Crippen LogP contribution in [0.25, 0.3) is 0 Å². The normalized spacial score (nSPS) is 31.8. The first kappa shape index (κ1) is 13.6. The van der Waals surface area contributed by atoms with E-state index in [9.17, 15) is 0 Å². The zero-order chi connectivity index (χ0) is 13.0. The monoisotopic (exact) mass is 253 g/mol. The Kier molecular flexibility index (Phi) is 4.83. The van der Waals surface area contributed by atoms with Crippen LogP contribution in [0.15, 0.2) is 4.99 Å². The quantitative estimate of drug-likeness (QED) is 0.545. The summed E-state index contributed by atoms with van der Waals surface area (Å²) in [6, 6.07) is 1.03. The Balaban J connectivity index is 1.87. The summed E-state index contributed by atoms with van der Waals surface area (Å²) in [5, 5.41) is 6.68. The largest absolute Gasteiger partial charge is 0.357 e. The molecule has 3 rings (SSSR count). The number of rotatable bonds is 4. The molecule has 5 nitrogen and oxygen atoms in total. The topological polar surface area (TPSA) is 42.9 Å². The van der Waals surface area contributed by atoms with Crippen molar-refractivity contribution in [1.82, 2.24) is 20.4 Å². The van der Waals surface area contributed by atoms with Gasteiger partial charge in [0.15, 0.2) is 5.96 Å². The molecule has 0 aromatic heterocycles. The number of hydrogen-bond donors (Lipinski definition) is 2. The number of aliphatic imine (C=N–C) groups is 1. The first-order valence-corrected chi connectivity index (χ1v) is 7.20. The highest BCUT2D eigenvalue weighted by molar-refractivity contribution is 5.80. The molecule has 1 unspecified atom stereocenters. The summed E-state index contributed by atoms with van der Waals surface area (Å²) in [6.45, 7) is 14.3. The first-order chi connectivity index (χ1) is 8.69. The second-order valence-corrected chi connectivity index (χ2v) is 5.51. The predicted octanol–water partition coefficient (Wildman–Crippen LogP) is -0.0503. The van der Waals surface area contributed by atoms with Gasteiger partial charge in [0.2, 0.25) is 0 Å². The van der Waals surface area contributed by atoms with Crippen LogP contribution in [0.5, 0.6) is 0 Å². The summed E-state index contributed by atoms with van der Waals surface area (Å²) in [7, 11) is 0. The van der Waals surface area contributed by atoms with Crippen molar-refractivity contribution in [2.45, 2.75) is 32.9 Å². The standard InChI is InChI=1S/C13H27N5/c1-4-14-13(16-11(2)3)15-9-12-10-17-5-7-18(12)8-6-17/h11-12H,4-10H2,1-3H3,(H2,14,15,16). The smallest absolute Gasteiger partial charge is 0.191 e. The van der Waals surface area contributed by atoms with Crippen molar-refractivity contribution in [3.8, 4) is 0 Å². The molecule has 3 aliphatic rings. The third-order valence-corrected chi connectivity index (χ3v) is 3.62. The molecule has 104 valence electrons. The first-order valence-electron chi connectivity index (χ1n) is 7.20. The fraction of sp³-hybridized carbons (Fsp3) is 0.923. The minimum atomic E-state index is 0.426. The van der Waals surface area contributed by atoms with E-state index in [1.807, 2.05) is 0 Å². The zero-order valence-electron chi connectivity index (χ0n) is 11.9. The molecule has 0 aromatic carbocycles. The lowest BCUT2D eigenvalue weighted by Gasteiger charge is -2.47. The Morgan fingerprint density at radius 2 is 2.00 bits per heavy atom. The van der Waals surface area contributed by atoms with Crippen LogP contribution in [-0.4, -0.2) is 73.7 Å². The van der Waals surface area contributed by atoms with E-state index in [1.54, 1.807) is 0 Å². The van der Waals surface area contributed by atoms with Gasteiger partial charge >= 0.3 is 0 Å². The van der Waals surface area contributed by atoms with Gasteiger partial charge in [-0.1, -0.05) is 0 Å². The van der Waals surface area contributed by atoms with Crippen LogP contribution in [-0.2, 0) is 0 Å². The van der Waals surface area contributed by atoms with Gasteiger partial charge in [-0.3, -0.25) is 14.8 Å². The Bertz CT molecular complexity index is 281. The average molecular weight is 253 g/mol. The lowest BCUT2D eigenvalue weighted by molar-refractivity contribution is 0.0174. The molecule has 0 amide bonds. The van der Waals surface area contributed by atoms with Crippen molar-refractivity contribution in [2.24, 2.45) is 4.99 Å². The molecule has 5 heteroatoms. The highest BCUT2D eigenvalue weighted by Gasteiger charge is 2.31. The van der Waals surface area contributed by atoms with Crippen molar-refractivity contribution < 1.29 is 0 Å². The molecular weight excluding hydrogens is 226 g/mol. The number of fused-ring (bicyclic) bond motifs is 3. The number of nitrogens with one attached hydrogen (secondary N) is 2. The number of hydrogen-bond acceptors (Lipinski definition) is 3. The molecule has 1 atom stereocenters. The van der Waals surface area contributed by atoms with Gasteiger partial charge in [-0.15, -0.1) is 0 Å². The zero-order valence-corrected chi connectivity index (χ0v) is 11.9. The van der Waals surface area contributed by atoms with Gasteiger partial charge in [0.1, 0.15) is 0 Å². The molecule has 3 aliphatic heterocycles. The third kappa shape index (κ3) is 3.59. The van der Waals surface area contributed by atoms with Crippen LogP contribution in [0.1, 0.15) is 20.8 Å². The van der Waals surface area contributed by atoms with Crippen molar-refractivity contribution in [3.05, 3.63) is 0 Å². The van der Waals surface area contributed by atoms with E-state index >= 15 is 0 Å². The fourth-order valence-corrected chi connectivity index (χ4v) is 2.69. The van der Waals surface area contributed by atoms with E-state index in [0.717, 1.165) is 19.0 Å². The third-order valence-electron chi connectivity index (χ3n) is 3.62. The molecule has 3 saturated heterocycles. The second-order valence-electron chi connectivity index (χ2n) is 5.51. The average Bonchev–Trinajstić information content (AvgIpc) is 2.37. The summed E-state index contributed by atoms with van der Waals surface area (Å²) in [4.78, 5) is 9.87. The van der Waals surface area contributed by atoms with E-state index in [4.69, 9.17) is 4.99 Å². The minimum absolute atomic E-state index is 0.426. The van der Waals surface area contributed by atoms with Gasteiger partial charge in [-0.25, -0.2) is 0 Å². The van der Waals surface area contributed by atoms with Gasteiger partial charge in [0.05, 0.1) is 6.54 Å². The molecule has 0 saturated carbocycles. The van der Waals surface area contributed by atoms with Crippen LogP contribution < -0.4 is 10.6 Å². The maximum atomic E-state index is 4.72. The molecular formula is C13H27N5. The van der Waals surface area contributed by atoms with Crippen molar-refractivity contribution in [1.29, 1.82) is 0 Å². The Morgan fingerprint density at radius 3 is 2.50 bits per heavy atom. The van der Waals surface area contributed by atoms with E-state index in [-0.39, 0.29) is 0 Å². The molecule has 0 spiro atoms. The number of piperazine rings is 3. The Hall–Kier alpha value is -0.810. The molecule has 3 fully saturated rings.